The lowest BCUT2D eigenvalue weighted by atomic mass is 10.1. The lowest BCUT2D eigenvalue weighted by Gasteiger charge is -2.18. The number of benzene rings is 2. The molecular weight excluding hydrogens is 465 g/mol. The van der Waals surface area contributed by atoms with E-state index in [1.165, 1.54) is 30.3 Å². The summed E-state index contributed by atoms with van der Waals surface area (Å²) in [7, 11) is 0. The van der Waals surface area contributed by atoms with E-state index in [1.807, 2.05) is 0 Å². The van der Waals surface area contributed by atoms with Gasteiger partial charge in [-0.15, -0.1) is 0 Å². The molecular formula is C20H15Cl2N3O7. The number of hydrogen-bond acceptors (Lipinski definition) is 7. The van der Waals surface area contributed by atoms with Crippen molar-refractivity contribution in [1.82, 2.24) is 10.4 Å². The Kier molecular flexibility index (Phi) is 7.06. The molecule has 1 N–H and O–H groups in total. The zero-order chi connectivity index (χ0) is 23.4. The smallest absolute Gasteiger partial charge is 0.311 e. The molecule has 0 unspecified atom stereocenters. The molecule has 2 aromatic carbocycles. The number of carbonyl (C=O) groups is 4. The summed E-state index contributed by atoms with van der Waals surface area (Å²) in [5.74, 6) is -3.38. The number of rotatable bonds is 7. The molecule has 1 saturated heterocycles. The number of amides is 2. The molecule has 1 aliphatic rings. The van der Waals surface area contributed by atoms with Crippen molar-refractivity contribution in [1.29, 1.82) is 0 Å². The number of Topliss-reactive ketones (excluding diaryl/α,β-unsaturated/α-hetero) is 1. The predicted molar refractivity (Wildman–Crippen MR) is 112 cm³/mol. The van der Waals surface area contributed by atoms with Crippen LogP contribution >= 0.6 is 23.2 Å². The van der Waals surface area contributed by atoms with Gasteiger partial charge in [-0.3, -0.25) is 39.7 Å². The van der Waals surface area contributed by atoms with Gasteiger partial charge < -0.3 is 4.74 Å². The molecule has 0 saturated carbocycles. The number of ether oxygens (including phenoxy) is 1. The predicted octanol–water partition coefficient (Wildman–Crippen LogP) is 2.82. The van der Waals surface area contributed by atoms with Gasteiger partial charge >= 0.3 is 5.97 Å². The zero-order valence-corrected chi connectivity index (χ0v) is 17.8. The van der Waals surface area contributed by atoms with Gasteiger partial charge in [-0.2, -0.15) is 0 Å². The average molecular weight is 480 g/mol. The minimum Gasteiger partial charge on any atom is -0.457 e. The maximum absolute atomic E-state index is 12.4. The molecule has 2 aromatic rings. The largest absolute Gasteiger partial charge is 0.457 e. The van der Waals surface area contributed by atoms with Crippen LogP contribution in [-0.4, -0.2) is 46.7 Å². The Hall–Kier alpha value is -3.50. The number of nitro groups is 1. The standard InChI is InChI=1S/C20H15Cl2N3O7/c21-13-3-6-15(16(22)8-13)19(28)23-24-9-12(7-18(24)27)20(29)32-10-17(26)11-1-4-14(5-2-11)25(30)31/h1-6,8,12H,7,9-10H2,(H,23,28)/t12-/m1/s1. The van der Waals surface area contributed by atoms with Crippen LogP contribution in [0.4, 0.5) is 5.69 Å². The van der Waals surface area contributed by atoms with Gasteiger partial charge in [0.15, 0.2) is 12.4 Å². The zero-order valence-electron chi connectivity index (χ0n) is 16.2. The first kappa shape index (κ1) is 23.2. The first-order chi connectivity index (χ1) is 15.2. The summed E-state index contributed by atoms with van der Waals surface area (Å²) in [6.45, 7) is -0.728. The van der Waals surface area contributed by atoms with E-state index in [0.717, 1.165) is 17.1 Å². The van der Waals surface area contributed by atoms with Gasteiger partial charge in [-0.25, -0.2) is 0 Å². The van der Waals surface area contributed by atoms with Crippen molar-refractivity contribution in [2.45, 2.75) is 6.42 Å². The quantitative estimate of drug-likeness (QED) is 0.279. The number of non-ortho nitro benzene ring substituents is 1. The Morgan fingerprint density at radius 2 is 1.84 bits per heavy atom. The van der Waals surface area contributed by atoms with E-state index in [1.54, 1.807) is 0 Å². The van der Waals surface area contributed by atoms with E-state index in [-0.39, 0.29) is 34.8 Å². The second-order valence-electron chi connectivity index (χ2n) is 6.81. The maximum atomic E-state index is 12.4. The van der Waals surface area contributed by atoms with E-state index in [4.69, 9.17) is 27.9 Å². The van der Waals surface area contributed by atoms with Gasteiger partial charge in [-0.1, -0.05) is 23.2 Å². The minimum absolute atomic E-state index is 0.0994. The summed E-state index contributed by atoms with van der Waals surface area (Å²) in [6.07, 6.45) is -0.209. The SMILES string of the molecule is O=C(COC(=O)[C@@H]1CC(=O)N(NC(=O)c2ccc(Cl)cc2Cl)C1)c1ccc([N+](=O)[O-])cc1. The Morgan fingerprint density at radius 3 is 2.47 bits per heavy atom. The first-order valence-corrected chi connectivity index (χ1v) is 9.92. The molecule has 0 bridgehead atoms. The highest BCUT2D eigenvalue weighted by atomic mass is 35.5. The summed E-state index contributed by atoms with van der Waals surface area (Å²) >= 11 is 11.8. The topological polar surface area (TPSA) is 136 Å². The van der Waals surface area contributed by atoms with Gasteiger partial charge in [0.2, 0.25) is 5.91 Å². The van der Waals surface area contributed by atoms with Crippen LogP contribution in [0, 0.1) is 16.0 Å². The van der Waals surface area contributed by atoms with Crippen LogP contribution in [-0.2, 0) is 14.3 Å². The third kappa shape index (κ3) is 5.40. The molecule has 166 valence electrons. The van der Waals surface area contributed by atoms with E-state index >= 15 is 0 Å². The molecule has 1 heterocycles. The number of esters is 1. The minimum atomic E-state index is -0.881. The number of hydrogen-bond donors (Lipinski definition) is 1. The highest BCUT2D eigenvalue weighted by Crippen LogP contribution is 2.22. The van der Waals surface area contributed by atoms with Crippen molar-refractivity contribution in [2.24, 2.45) is 5.92 Å². The Morgan fingerprint density at radius 1 is 1.16 bits per heavy atom. The third-order valence-corrected chi connectivity index (χ3v) is 5.16. The Labute approximate surface area is 191 Å². The van der Waals surface area contributed by atoms with Crippen LogP contribution in [0.5, 0.6) is 0 Å². The van der Waals surface area contributed by atoms with Gasteiger partial charge in [0.25, 0.3) is 11.6 Å². The number of nitrogens with one attached hydrogen (secondary N) is 1. The summed E-state index contributed by atoms with van der Waals surface area (Å²) < 4.78 is 4.99. The van der Waals surface area contributed by atoms with Gasteiger partial charge in [0.1, 0.15) is 0 Å². The van der Waals surface area contributed by atoms with E-state index in [2.05, 4.69) is 5.43 Å². The van der Waals surface area contributed by atoms with Crippen molar-refractivity contribution in [2.75, 3.05) is 13.2 Å². The molecule has 1 aliphatic heterocycles. The number of hydrazine groups is 1. The van der Waals surface area contributed by atoms with Crippen molar-refractivity contribution >= 4 is 52.5 Å². The lowest BCUT2D eigenvalue weighted by Crippen LogP contribution is -2.43. The van der Waals surface area contributed by atoms with Crippen LogP contribution in [0.1, 0.15) is 27.1 Å². The number of nitro benzene ring substituents is 1. The molecule has 0 aliphatic carbocycles. The Balaban J connectivity index is 1.53. The molecule has 0 spiro atoms. The number of ketones is 1. The third-order valence-electron chi connectivity index (χ3n) is 4.62. The molecule has 1 fully saturated rings. The second-order valence-corrected chi connectivity index (χ2v) is 7.65. The second kappa shape index (κ2) is 9.75. The van der Waals surface area contributed by atoms with Crippen LogP contribution in [0.3, 0.4) is 0 Å². The molecule has 2 amide bonds. The fourth-order valence-corrected chi connectivity index (χ4v) is 3.43. The molecule has 12 heteroatoms. The fraction of sp³-hybridized carbons (Fsp3) is 0.200. The lowest BCUT2D eigenvalue weighted by molar-refractivity contribution is -0.384. The molecule has 0 aromatic heterocycles. The van der Waals surface area contributed by atoms with Crippen molar-refractivity contribution in [3.05, 3.63) is 73.8 Å². The van der Waals surface area contributed by atoms with E-state index in [0.29, 0.717) is 5.02 Å². The van der Waals surface area contributed by atoms with Crippen LogP contribution < -0.4 is 5.43 Å². The first-order valence-electron chi connectivity index (χ1n) is 9.16. The van der Waals surface area contributed by atoms with Crippen molar-refractivity contribution in [3.63, 3.8) is 0 Å². The van der Waals surface area contributed by atoms with Crippen molar-refractivity contribution < 1.29 is 28.8 Å². The maximum Gasteiger partial charge on any atom is 0.311 e. The monoisotopic (exact) mass is 479 g/mol. The van der Waals surface area contributed by atoms with Crippen LogP contribution in [0.25, 0.3) is 0 Å². The molecule has 0 radical (unpaired) electrons. The summed E-state index contributed by atoms with van der Waals surface area (Å²) in [4.78, 5) is 59.0. The molecule has 10 nitrogen and oxygen atoms in total. The van der Waals surface area contributed by atoms with Gasteiger partial charge in [0, 0.05) is 29.1 Å². The summed E-state index contributed by atoms with van der Waals surface area (Å²) in [5, 5.41) is 12.1. The molecule has 3 rings (SSSR count). The van der Waals surface area contributed by atoms with E-state index in [9.17, 15) is 29.3 Å². The average Bonchev–Trinajstić information content (AvgIpc) is 3.12. The normalized spacial score (nSPS) is 15.4. The number of halogens is 2. The highest BCUT2D eigenvalue weighted by molar-refractivity contribution is 6.36. The molecule has 1 atom stereocenters. The van der Waals surface area contributed by atoms with Crippen LogP contribution in [0.2, 0.25) is 10.0 Å². The highest BCUT2D eigenvalue weighted by Gasteiger charge is 2.37. The van der Waals surface area contributed by atoms with Crippen LogP contribution in [0.15, 0.2) is 42.5 Å². The summed E-state index contributed by atoms with van der Waals surface area (Å²) in [6, 6.07) is 9.09. The fourth-order valence-electron chi connectivity index (χ4n) is 2.94. The van der Waals surface area contributed by atoms with E-state index < -0.39 is 41.0 Å². The van der Waals surface area contributed by atoms with Gasteiger partial charge in [0.05, 0.1) is 28.0 Å². The number of nitrogens with zero attached hydrogens (tertiary/aromatic N) is 2. The van der Waals surface area contributed by atoms with Gasteiger partial charge in [-0.05, 0) is 30.3 Å². The summed E-state index contributed by atoms with van der Waals surface area (Å²) in [5.41, 5.74) is 2.45. The van der Waals surface area contributed by atoms with Crippen molar-refractivity contribution in [3.8, 4) is 0 Å². The number of carbonyl (C=O) groups excluding carboxylic acids is 4. The Bertz CT molecular complexity index is 1100. The molecule has 32 heavy (non-hydrogen) atoms.